The summed E-state index contributed by atoms with van der Waals surface area (Å²) in [6.45, 7) is 5.14. The molecule has 1 heterocycles. The van der Waals surface area contributed by atoms with Gasteiger partial charge in [0.15, 0.2) is 0 Å². The molecular formula is C15H19N3. The molecule has 3 nitrogen and oxygen atoms in total. The highest BCUT2D eigenvalue weighted by molar-refractivity contribution is 5.65. The molecule has 1 aromatic heterocycles. The first kappa shape index (κ1) is 12.4. The molecule has 2 aromatic rings. The van der Waals surface area contributed by atoms with Crippen molar-refractivity contribution >= 4 is 17.1 Å². The topological polar surface area (TPSA) is 37.0 Å². The number of para-hydroxylation sites is 1. The molecule has 3 heteroatoms. The molecule has 0 aliphatic rings. The molecule has 0 bridgehead atoms. The maximum Gasteiger partial charge on any atom is 0.0591 e. The first-order valence-electron chi connectivity index (χ1n) is 6.37. The van der Waals surface area contributed by atoms with E-state index in [0.717, 1.165) is 30.0 Å². The first-order chi connectivity index (χ1) is 8.83. The second kappa shape index (κ2) is 6.05. The van der Waals surface area contributed by atoms with Gasteiger partial charge < -0.3 is 10.6 Å². The van der Waals surface area contributed by atoms with Crippen molar-refractivity contribution in [2.24, 2.45) is 0 Å². The molecule has 0 aliphatic heterocycles. The van der Waals surface area contributed by atoms with Gasteiger partial charge in [-0.25, -0.2) is 0 Å². The monoisotopic (exact) mass is 241 g/mol. The molecule has 0 saturated carbocycles. The highest BCUT2D eigenvalue weighted by Gasteiger charge is 2.01. The quantitative estimate of drug-likeness (QED) is 0.835. The lowest BCUT2D eigenvalue weighted by Crippen LogP contribution is -1.99. The van der Waals surface area contributed by atoms with E-state index in [1.54, 1.807) is 0 Å². The second-order valence-corrected chi connectivity index (χ2v) is 4.13. The van der Waals surface area contributed by atoms with Crippen LogP contribution in [0.25, 0.3) is 0 Å². The maximum atomic E-state index is 4.23. The number of nitrogens with one attached hydrogen (secondary N) is 2. The second-order valence-electron chi connectivity index (χ2n) is 4.13. The van der Waals surface area contributed by atoms with E-state index in [-0.39, 0.29) is 0 Å². The average Bonchev–Trinajstić information content (AvgIpc) is 2.40. The van der Waals surface area contributed by atoms with E-state index in [0.29, 0.717) is 0 Å². The Labute approximate surface area is 108 Å². The molecule has 0 spiro atoms. The van der Waals surface area contributed by atoms with Crippen molar-refractivity contribution in [3.8, 4) is 0 Å². The first-order valence-corrected chi connectivity index (χ1v) is 6.37. The Balaban J connectivity index is 2.20. The van der Waals surface area contributed by atoms with Gasteiger partial charge in [0, 0.05) is 12.2 Å². The fourth-order valence-corrected chi connectivity index (χ4v) is 1.92. The third-order valence-corrected chi connectivity index (χ3v) is 2.80. The summed E-state index contributed by atoms with van der Waals surface area (Å²) in [5.41, 5.74) is 4.51. The van der Waals surface area contributed by atoms with Crippen LogP contribution in [0.3, 0.4) is 0 Å². The lowest BCUT2D eigenvalue weighted by Gasteiger charge is -2.11. The van der Waals surface area contributed by atoms with E-state index in [1.807, 2.05) is 18.5 Å². The Morgan fingerprint density at radius 1 is 1.06 bits per heavy atom. The fourth-order valence-electron chi connectivity index (χ4n) is 1.92. The third kappa shape index (κ3) is 3.00. The number of aryl methyl sites for hydroxylation is 1. The predicted octanol–water partition coefficient (Wildman–Crippen LogP) is 3.82. The number of nitrogens with zero attached hydrogens (tertiary/aromatic N) is 1. The van der Waals surface area contributed by atoms with Crippen LogP contribution < -0.4 is 10.6 Å². The minimum Gasteiger partial charge on any atom is -0.384 e. The van der Waals surface area contributed by atoms with E-state index in [4.69, 9.17) is 0 Å². The number of hydrogen-bond donors (Lipinski definition) is 2. The van der Waals surface area contributed by atoms with Crippen molar-refractivity contribution in [1.82, 2.24) is 4.98 Å². The van der Waals surface area contributed by atoms with Gasteiger partial charge >= 0.3 is 0 Å². The molecule has 94 valence electrons. The molecule has 0 aliphatic carbocycles. The van der Waals surface area contributed by atoms with E-state index in [1.165, 1.54) is 5.56 Å². The zero-order valence-electron chi connectivity index (χ0n) is 10.9. The van der Waals surface area contributed by atoms with Crippen LogP contribution in [0.4, 0.5) is 17.1 Å². The molecule has 0 saturated heterocycles. The Hall–Kier alpha value is -2.03. The van der Waals surface area contributed by atoms with E-state index < -0.39 is 0 Å². The van der Waals surface area contributed by atoms with Crippen LogP contribution in [0, 0.1) is 0 Å². The van der Waals surface area contributed by atoms with E-state index in [9.17, 15) is 0 Å². The molecule has 1 aromatic carbocycles. The summed E-state index contributed by atoms with van der Waals surface area (Å²) in [6, 6.07) is 10.4. The van der Waals surface area contributed by atoms with Gasteiger partial charge in [0.05, 0.1) is 23.8 Å². The Morgan fingerprint density at radius 3 is 2.61 bits per heavy atom. The van der Waals surface area contributed by atoms with Gasteiger partial charge in [-0.05, 0) is 31.0 Å². The van der Waals surface area contributed by atoms with Crippen LogP contribution in [-0.4, -0.2) is 11.5 Å². The maximum absolute atomic E-state index is 4.23. The summed E-state index contributed by atoms with van der Waals surface area (Å²) in [4.78, 5) is 4.23. The van der Waals surface area contributed by atoms with Crippen molar-refractivity contribution in [1.29, 1.82) is 0 Å². The van der Waals surface area contributed by atoms with Gasteiger partial charge in [-0.3, -0.25) is 4.98 Å². The molecule has 0 unspecified atom stereocenters. The van der Waals surface area contributed by atoms with Gasteiger partial charge in [0.2, 0.25) is 0 Å². The van der Waals surface area contributed by atoms with Gasteiger partial charge in [-0.15, -0.1) is 0 Å². The van der Waals surface area contributed by atoms with Crippen molar-refractivity contribution < 1.29 is 0 Å². The summed E-state index contributed by atoms with van der Waals surface area (Å²) in [6.07, 6.45) is 4.69. The number of aromatic nitrogens is 1. The predicted molar refractivity (Wildman–Crippen MR) is 77.5 cm³/mol. The van der Waals surface area contributed by atoms with Crippen LogP contribution >= 0.6 is 0 Å². The summed E-state index contributed by atoms with van der Waals surface area (Å²) < 4.78 is 0. The van der Waals surface area contributed by atoms with Crippen molar-refractivity contribution in [2.75, 3.05) is 17.2 Å². The molecule has 0 fully saturated rings. The minimum atomic E-state index is 0.899. The molecule has 0 amide bonds. The van der Waals surface area contributed by atoms with Crippen molar-refractivity contribution in [3.63, 3.8) is 0 Å². The molecule has 0 radical (unpaired) electrons. The molecule has 2 rings (SSSR count). The number of rotatable bonds is 5. The number of benzene rings is 1. The number of pyridine rings is 1. The standard InChI is InChI=1S/C15H19N3/c1-3-12-7-5-6-8-15(12)18-14-9-13(17-4-2)10-16-11-14/h5-11,17-18H,3-4H2,1-2H3. The smallest absolute Gasteiger partial charge is 0.0591 e. The number of hydrogen-bond acceptors (Lipinski definition) is 3. The van der Waals surface area contributed by atoms with Crippen LogP contribution in [0.15, 0.2) is 42.7 Å². The zero-order chi connectivity index (χ0) is 12.8. The Morgan fingerprint density at radius 2 is 1.83 bits per heavy atom. The normalized spacial score (nSPS) is 10.1. The molecular weight excluding hydrogens is 222 g/mol. The Kier molecular flexibility index (Phi) is 4.18. The summed E-state index contributed by atoms with van der Waals surface area (Å²) in [5.74, 6) is 0. The third-order valence-electron chi connectivity index (χ3n) is 2.80. The zero-order valence-corrected chi connectivity index (χ0v) is 10.9. The van der Waals surface area contributed by atoms with Crippen LogP contribution in [-0.2, 0) is 6.42 Å². The van der Waals surface area contributed by atoms with Crippen molar-refractivity contribution in [2.45, 2.75) is 20.3 Å². The highest BCUT2D eigenvalue weighted by Crippen LogP contribution is 2.22. The van der Waals surface area contributed by atoms with Gasteiger partial charge in [0.25, 0.3) is 0 Å². The van der Waals surface area contributed by atoms with Gasteiger partial charge in [-0.2, -0.15) is 0 Å². The Bertz CT molecular complexity index is 509. The summed E-state index contributed by atoms with van der Waals surface area (Å²) >= 11 is 0. The van der Waals surface area contributed by atoms with Gasteiger partial charge in [-0.1, -0.05) is 25.1 Å². The highest BCUT2D eigenvalue weighted by atomic mass is 14.9. The van der Waals surface area contributed by atoms with Crippen molar-refractivity contribution in [3.05, 3.63) is 48.3 Å². The molecule has 2 N–H and O–H groups in total. The van der Waals surface area contributed by atoms with Crippen LogP contribution in [0.2, 0.25) is 0 Å². The number of anilines is 3. The largest absolute Gasteiger partial charge is 0.384 e. The SMILES string of the molecule is CCNc1cncc(Nc2ccccc2CC)c1. The lowest BCUT2D eigenvalue weighted by molar-refractivity contribution is 1.14. The fraction of sp³-hybridized carbons (Fsp3) is 0.267. The van der Waals surface area contributed by atoms with Crippen LogP contribution in [0.5, 0.6) is 0 Å². The van der Waals surface area contributed by atoms with E-state index in [2.05, 4.69) is 53.7 Å². The molecule has 0 atom stereocenters. The minimum absolute atomic E-state index is 0.899. The lowest BCUT2D eigenvalue weighted by atomic mass is 10.1. The van der Waals surface area contributed by atoms with E-state index >= 15 is 0 Å². The average molecular weight is 241 g/mol. The molecule has 18 heavy (non-hydrogen) atoms. The van der Waals surface area contributed by atoms with Crippen LogP contribution in [0.1, 0.15) is 19.4 Å². The summed E-state index contributed by atoms with van der Waals surface area (Å²) in [5, 5.41) is 6.68. The summed E-state index contributed by atoms with van der Waals surface area (Å²) in [7, 11) is 0. The van der Waals surface area contributed by atoms with Gasteiger partial charge in [0.1, 0.15) is 0 Å².